The van der Waals surface area contributed by atoms with Gasteiger partial charge in [0.05, 0.1) is 6.04 Å². The molecule has 2 amide bonds. The van der Waals surface area contributed by atoms with Crippen molar-refractivity contribution in [3.05, 3.63) is 0 Å². The molecule has 0 spiro atoms. The van der Waals surface area contributed by atoms with Crippen molar-refractivity contribution in [1.29, 1.82) is 0 Å². The molecule has 7 heteroatoms. The normalized spacial score (nSPS) is 15.8. The second-order valence-corrected chi connectivity index (χ2v) is 3.59. The number of nitrogens with two attached hydrogens (primary N) is 1. The molecule has 5 N–H and O–H groups in total. The fraction of sp³-hybridized carbons (Fsp3) is 0.667. The van der Waals surface area contributed by atoms with Crippen molar-refractivity contribution < 1.29 is 19.5 Å². The highest BCUT2D eigenvalue weighted by atomic mass is 16.4. The number of carbonyl (C=O) groups is 3. The van der Waals surface area contributed by atoms with Gasteiger partial charge in [-0.25, -0.2) is 0 Å². The number of hydrogen-bond donors (Lipinski definition) is 4. The lowest BCUT2D eigenvalue weighted by atomic mass is 10.2. The van der Waals surface area contributed by atoms with Gasteiger partial charge in [-0.2, -0.15) is 0 Å². The lowest BCUT2D eigenvalue weighted by Crippen LogP contribution is -2.52. The van der Waals surface area contributed by atoms with Crippen LogP contribution in [0.15, 0.2) is 0 Å². The standard InChI is InChI=1S/C9H17N3O4/c1-4(10)7(13)11-5(2)8(14)12-6(3)9(15)16/h4-6H,10H2,1-3H3,(H,11,13)(H,12,14)(H,15,16). The van der Waals surface area contributed by atoms with E-state index in [4.69, 9.17) is 10.8 Å². The highest BCUT2D eigenvalue weighted by molar-refractivity contribution is 5.91. The molecule has 0 aromatic heterocycles. The molecule has 0 heterocycles. The molecule has 16 heavy (non-hydrogen) atoms. The third kappa shape index (κ3) is 4.74. The smallest absolute Gasteiger partial charge is 0.325 e. The van der Waals surface area contributed by atoms with Crippen LogP contribution in [0.25, 0.3) is 0 Å². The maximum absolute atomic E-state index is 11.4. The molecule has 0 saturated carbocycles. The van der Waals surface area contributed by atoms with Gasteiger partial charge in [-0.1, -0.05) is 0 Å². The van der Waals surface area contributed by atoms with E-state index in [9.17, 15) is 14.4 Å². The third-order valence-electron chi connectivity index (χ3n) is 1.89. The Labute approximate surface area is 93.4 Å². The molecule has 0 radical (unpaired) electrons. The summed E-state index contributed by atoms with van der Waals surface area (Å²) in [6, 6.07) is -2.53. The van der Waals surface area contributed by atoms with Gasteiger partial charge < -0.3 is 21.5 Å². The zero-order chi connectivity index (χ0) is 12.9. The quantitative estimate of drug-likeness (QED) is 0.455. The van der Waals surface area contributed by atoms with Crippen LogP contribution in [-0.4, -0.2) is 41.0 Å². The Morgan fingerprint density at radius 2 is 1.44 bits per heavy atom. The number of rotatable bonds is 5. The first-order valence-corrected chi connectivity index (χ1v) is 4.84. The predicted octanol–water partition coefficient (Wildman–Crippen LogP) is -1.57. The molecular formula is C9H17N3O4. The SMILES string of the molecule is CC(N)C(=O)NC(C)C(=O)NC(C)C(=O)O. The summed E-state index contributed by atoms with van der Waals surface area (Å²) in [6.07, 6.45) is 0. The van der Waals surface area contributed by atoms with Crippen molar-refractivity contribution in [1.82, 2.24) is 10.6 Å². The molecule has 0 rings (SSSR count). The van der Waals surface area contributed by atoms with E-state index in [0.717, 1.165) is 0 Å². The molecule has 3 atom stereocenters. The minimum Gasteiger partial charge on any atom is -0.480 e. The third-order valence-corrected chi connectivity index (χ3v) is 1.89. The molecule has 3 unspecified atom stereocenters. The number of carboxylic acid groups (broad SMARTS) is 1. The molecule has 0 fully saturated rings. The van der Waals surface area contributed by atoms with Gasteiger partial charge in [-0.15, -0.1) is 0 Å². The Morgan fingerprint density at radius 1 is 1.00 bits per heavy atom. The molecule has 0 aliphatic heterocycles. The number of hydrogen-bond acceptors (Lipinski definition) is 4. The summed E-state index contributed by atoms with van der Waals surface area (Å²) in [5.41, 5.74) is 5.30. The minimum atomic E-state index is -1.14. The fourth-order valence-electron chi connectivity index (χ4n) is 0.811. The lowest BCUT2D eigenvalue weighted by molar-refractivity contribution is -0.141. The molecule has 0 aliphatic rings. The molecule has 0 bridgehead atoms. The Balaban J connectivity index is 4.19. The Bertz CT molecular complexity index is 290. The van der Waals surface area contributed by atoms with Crippen molar-refractivity contribution >= 4 is 17.8 Å². The van der Waals surface area contributed by atoms with Gasteiger partial charge in [0, 0.05) is 0 Å². The first kappa shape index (κ1) is 14.4. The van der Waals surface area contributed by atoms with Gasteiger partial charge in [0.1, 0.15) is 12.1 Å². The number of carboxylic acids is 1. The van der Waals surface area contributed by atoms with Gasteiger partial charge in [-0.05, 0) is 20.8 Å². The first-order valence-electron chi connectivity index (χ1n) is 4.84. The second-order valence-electron chi connectivity index (χ2n) is 3.59. The van der Waals surface area contributed by atoms with E-state index >= 15 is 0 Å². The summed E-state index contributed by atoms with van der Waals surface area (Å²) in [7, 11) is 0. The number of amides is 2. The molecule has 7 nitrogen and oxygen atoms in total. The van der Waals surface area contributed by atoms with E-state index in [1.807, 2.05) is 0 Å². The maximum atomic E-state index is 11.4. The number of nitrogens with one attached hydrogen (secondary N) is 2. The van der Waals surface area contributed by atoms with Crippen molar-refractivity contribution in [3.8, 4) is 0 Å². The lowest BCUT2D eigenvalue weighted by Gasteiger charge is -2.17. The number of carbonyl (C=O) groups excluding carboxylic acids is 2. The molecule has 0 aliphatic carbocycles. The largest absolute Gasteiger partial charge is 0.480 e. The summed E-state index contributed by atoms with van der Waals surface area (Å²) in [5, 5.41) is 13.1. The van der Waals surface area contributed by atoms with Gasteiger partial charge in [0.2, 0.25) is 11.8 Å². The summed E-state index contributed by atoms with van der Waals surface area (Å²) in [5.74, 6) is -2.17. The van der Waals surface area contributed by atoms with Crippen LogP contribution in [0.4, 0.5) is 0 Å². The predicted molar refractivity (Wildman–Crippen MR) is 56.5 cm³/mol. The van der Waals surface area contributed by atoms with E-state index in [1.54, 1.807) is 0 Å². The Hall–Kier alpha value is -1.63. The van der Waals surface area contributed by atoms with Gasteiger partial charge in [0.15, 0.2) is 0 Å². The average molecular weight is 231 g/mol. The van der Waals surface area contributed by atoms with Gasteiger partial charge in [0.25, 0.3) is 0 Å². The van der Waals surface area contributed by atoms with Gasteiger partial charge in [-0.3, -0.25) is 14.4 Å². The Morgan fingerprint density at radius 3 is 1.81 bits per heavy atom. The van der Waals surface area contributed by atoms with Crippen LogP contribution in [0.1, 0.15) is 20.8 Å². The molecule has 0 saturated heterocycles. The van der Waals surface area contributed by atoms with Crippen molar-refractivity contribution in [3.63, 3.8) is 0 Å². The van der Waals surface area contributed by atoms with E-state index < -0.39 is 35.9 Å². The first-order chi connectivity index (χ1) is 7.25. The van der Waals surface area contributed by atoms with Crippen LogP contribution in [0.2, 0.25) is 0 Å². The van der Waals surface area contributed by atoms with E-state index in [1.165, 1.54) is 20.8 Å². The van der Waals surface area contributed by atoms with E-state index in [2.05, 4.69) is 10.6 Å². The van der Waals surface area contributed by atoms with Crippen LogP contribution >= 0.6 is 0 Å². The van der Waals surface area contributed by atoms with E-state index in [0.29, 0.717) is 0 Å². The molecular weight excluding hydrogens is 214 g/mol. The zero-order valence-electron chi connectivity index (χ0n) is 9.48. The molecule has 0 aromatic carbocycles. The highest BCUT2D eigenvalue weighted by Gasteiger charge is 2.21. The van der Waals surface area contributed by atoms with E-state index in [-0.39, 0.29) is 0 Å². The Kier molecular flexibility index (Phi) is 5.44. The van der Waals surface area contributed by atoms with Gasteiger partial charge >= 0.3 is 5.97 Å². The van der Waals surface area contributed by atoms with Crippen molar-refractivity contribution in [2.24, 2.45) is 5.73 Å². The van der Waals surface area contributed by atoms with Crippen LogP contribution in [0, 0.1) is 0 Å². The number of aliphatic carboxylic acids is 1. The van der Waals surface area contributed by atoms with Crippen molar-refractivity contribution in [2.75, 3.05) is 0 Å². The average Bonchev–Trinajstić information content (AvgIpc) is 2.16. The van der Waals surface area contributed by atoms with Crippen molar-refractivity contribution in [2.45, 2.75) is 38.9 Å². The summed E-state index contributed by atoms with van der Waals surface area (Å²) in [6.45, 7) is 4.27. The molecule has 92 valence electrons. The topological polar surface area (TPSA) is 122 Å². The maximum Gasteiger partial charge on any atom is 0.325 e. The highest BCUT2D eigenvalue weighted by Crippen LogP contribution is 1.88. The van der Waals surface area contributed by atoms with Crippen LogP contribution in [-0.2, 0) is 14.4 Å². The summed E-state index contributed by atoms with van der Waals surface area (Å²) >= 11 is 0. The zero-order valence-corrected chi connectivity index (χ0v) is 9.48. The second kappa shape index (κ2) is 6.06. The summed E-state index contributed by atoms with van der Waals surface area (Å²) < 4.78 is 0. The summed E-state index contributed by atoms with van der Waals surface area (Å²) in [4.78, 5) is 33.0. The minimum absolute atomic E-state index is 0.467. The fourth-order valence-corrected chi connectivity index (χ4v) is 0.811. The van der Waals surface area contributed by atoms with Crippen LogP contribution < -0.4 is 16.4 Å². The van der Waals surface area contributed by atoms with Crippen LogP contribution in [0.3, 0.4) is 0 Å². The van der Waals surface area contributed by atoms with Crippen LogP contribution in [0.5, 0.6) is 0 Å². The monoisotopic (exact) mass is 231 g/mol. The molecule has 0 aromatic rings.